The number of aromatic nitrogens is 2. The van der Waals surface area contributed by atoms with Crippen molar-refractivity contribution in [3.63, 3.8) is 0 Å². The van der Waals surface area contributed by atoms with Crippen molar-refractivity contribution in [2.24, 2.45) is 0 Å². The number of fused-ring (bicyclic) bond motifs is 1. The van der Waals surface area contributed by atoms with Crippen molar-refractivity contribution in [1.82, 2.24) is 9.71 Å². The van der Waals surface area contributed by atoms with Crippen molar-refractivity contribution >= 4 is 10.9 Å². The third-order valence-corrected chi connectivity index (χ3v) is 2.37. The average molecular weight is 262 g/mol. The van der Waals surface area contributed by atoms with Gasteiger partial charge >= 0.3 is 6.01 Å². The Morgan fingerprint density at radius 2 is 1.79 bits per heavy atom. The number of rotatable bonds is 4. The first-order valence-corrected chi connectivity index (χ1v) is 6.34. The van der Waals surface area contributed by atoms with Crippen molar-refractivity contribution in [1.29, 1.82) is 0 Å². The van der Waals surface area contributed by atoms with Crippen LogP contribution in [0.5, 0.6) is 6.01 Å². The summed E-state index contributed by atoms with van der Waals surface area (Å²) in [5.41, 5.74) is 0.349. The summed E-state index contributed by atoms with van der Waals surface area (Å²) in [6, 6.07) is 7.33. The molecule has 0 unspecified atom stereocenters. The Morgan fingerprint density at radius 3 is 2.42 bits per heavy atom. The number of nitrogens with zero attached hydrogens (tertiary/aromatic N) is 2. The topological polar surface area (TPSA) is 53.3 Å². The van der Waals surface area contributed by atoms with Gasteiger partial charge < -0.3 is 9.57 Å². The molecule has 0 saturated carbocycles. The van der Waals surface area contributed by atoms with E-state index in [1.165, 1.54) is 0 Å². The van der Waals surface area contributed by atoms with Crippen molar-refractivity contribution in [3.05, 3.63) is 34.6 Å². The van der Waals surface area contributed by atoms with Gasteiger partial charge in [-0.3, -0.25) is 4.79 Å². The molecule has 0 aliphatic rings. The Labute approximate surface area is 111 Å². The average Bonchev–Trinajstić information content (AvgIpc) is 2.33. The van der Waals surface area contributed by atoms with Crippen LogP contribution in [0, 0.1) is 0 Å². The molecule has 5 nitrogen and oxygen atoms in total. The summed E-state index contributed by atoms with van der Waals surface area (Å²) in [6.07, 6.45) is -0.231. The molecule has 1 aromatic carbocycles. The first kappa shape index (κ1) is 13.4. The summed E-state index contributed by atoms with van der Waals surface area (Å²) in [6.45, 7) is 7.45. The largest absolute Gasteiger partial charge is 0.460 e. The van der Waals surface area contributed by atoms with Gasteiger partial charge in [-0.15, -0.1) is 0 Å². The zero-order valence-electron chi connectivity index (χ0n) is 11.6. The summed E-state index contributed by atoms with van der Waals surface area (Å²) >= 11 is 0. The lowest BCUT2D eigenvalue weighted by Gasteiger charge is -2.17. The van der Waals surface area contributed by atoms with E-state index in [4.69, 9.17) is 9.57 Å². The molecule has 0 bridgehead atoms. The normalized spacial score (nSPS) is 11.3. The van der Waals surface area contributed by atoms with Gasteiger partial charge in [-0.1, -0.05) is 16.9 Å². The predicted molar refractivity (Wildman–Crippen MR) is 73.5 cm³/mol. The van der Waals surface area contributed by atoms with Gasteiger partial charge in [0.2, 0.25) is 0 Å². The SMILES string of the molecule is CC(C)Oc1nc2ccccc2c(=O)n1OC(C)C. The number of ether oxygens (including phenoxy) is 1. The third-order valence-electron chi connectivity index (χ3n) is 2.37. The molecule has 19 heavy (non-hydrogen) atoms. The van der Waals surface area contributed by atoms with E-state index in [1.807, 2.05) is 33.8 Å². The second kappa shape index (κ2) is 5.30. The molecule has 0 amide bonds. The summed E-state index contributed by atoms with van der Waals surface area (Å²) < 4.78 is 6.69. The minimum Gasteiger partial charge on any atom is -0.460 e. The predicted octanol–water partition coefficient (Wildman–Crippen LogP) is 2.02. The Balaban J connectivity index is 2.65. The van der Waals surface area contributed by atoms with E-state index < -0.39 is 0 Å². The Hall–Kier alpha value is -2.04. The van der Waals surface area contributed by atoms with Gasteiger partial charge in [-0.25, -0.2) is 0 Å². The molecular formula is C14H18N2O3. The maximum atomic E-state index is 12.4. The van der Waals surface area contributed by atoms with Gasteiger partial charge in [0, 0.05) is 0 Å². The van der Waals surface area contributed by atoms with Gasteiger partial charge in [-0.05, 0) is 39.8 Å². The Morgan fingerprint density at radius 1 is 1.11 bits per heavy atom. The summed E-state index contributed by atoms with van der Waals surface area (Å²) in [4.78, 5) is 22.2. The molecule has 2 rings (SSSR count). The number of para-hydroxylation sites is 1. The molecular weight excluding hydrogens is 244 g/mol. The molecule has 1 heterocycles. The fourth-order valence-electron chi connectivity index (χ4n) is 1.69. The minimum absolute atomic E-state index is 0.0879. The van der Waals surface area contributed by atoms with Crippen LogP contribution in [-0.4, -0.2) is 21.9 Å². The van der Waals surface area contributed by atoms with Crippen LogP contribution in [0.1, 0.15) is 27.7 Å². The molecule has 0 N–H and O–H groups in total. The monoisotopic (exact) mass is 262 g/mol. The molecule has 0 aliphatic carbocycles. The van der Waals surface area contributed by atoms with Gasteiger partial charge in [0.05, 0.1) is 17.0 Å². The molecule has 2 aromatic rings. The molecule has 0 fully saturated rings. The molecule has 102 valence electrons. The lowest BCUT2D eigenvalue weighted by atomic mass is 10.2. The third kappa shape index (κ3) is 2.86. The van der Waals surface area contributed by atoms with Crippen LogP contribution in [0.25, 0.3) is 10.9 Å². The van der Waals surface area contributed by atoms with E-state index in [1.54, 1.807) is 18.2 Å². The number of benzene rings is 1. The van der Waals surface area contributed by atoms with Crippen molar-refractivity contribution < 1.29 is 9.57 Å². The van der Waals surface area contributed by atoms with Crippen LogP contribution in [0.4, 0.5) is 0 Å². The van der Waals surface area contributed by atoms with Crippen LogP contribution < -0.4 is 15.1 Å². The van der Waals surface area contributed by atoms with Crippen LogP contribution in [0.15, 0.2) is 29.1 Å². The van der Waals surface area contributed by atoms with E-state index in [2.05, 4.69) is 4.98 Å². The quantitative estimate of drug-likeness (QED) is 0.846. The summed E-state index contributed by atoms with van der Waals surface area (Å²) in [5.74, 6) is 0. The highest BCUT2D eigenvalue weighted by molar-refractivity contribution is 5.77. The van der Waals surface area contributed by atoms with Crippen LogP contribution in [-0.2, 0) is 0 Å². The molecule has 0 atom stereocenters. The van der Waals surface area contributed by atoms with Crippen molar-refractivity contribution in [2.75, 3.05) is 0 Å². The minimum atomic E-state index is -0.255. The Kier molecular flexibility index (Phi) is 3.74. The first-order valence-electron chi connectivity index (χ1n) is 6.34. The van der Waals surface area contributed by atoms with E-state index >= 15 is 0 Å². The van der Waals surface area contributed by atoms with E-state index in [0.29, 0.717) is 10.9 Å². The maximum absolute atomic E-state index is 12.4. The molecule has 0 spiro atoms. The van der Waals surface area contributed by atoms with Gasteiger partial charge in [0.25, 0.3) is 5.56 Å². The number of hydrogen-bond acceptors (Lipinski definition) is 4. The highest BCUT2D eigenvalue weighted by Gasteiger charge is 2.15. The fraction of sp³-hybridized carbons (Fsp3) is 0.429. The molecule has 5 heteroatoms. The van der Waals surface area contributed by atoms with Gasteiger partial charge in [0.1, 0.15) is 6.10 Å². The number of hydrogen-bond donors (Lipinski definition) is 0. The highest BCUT2D eigenvalue weighted by atomic mass is 16.7. The van der Waals surface area contributed by atoms with E-state index in [-0.39, 0.29) is 23.8 Å². The first-order chi connectivity index (χ1) is 8.99. The van der Waals surface area contributed by atoms with Crippen LogP contribution in [0.3, 0.4) is 0 Å². The standard InChI is InChI=1S/C14H18N2O3/c1-9(2)18-14-15-12-8-6-5-7-11(12)13(17)16(14)19-10(3)4/h5-10H,1-4H3. The second-order valence-corrected chi connectivity index (χ2v) is 4.83. The van der Waals surface area contributed by atoms with Crippen molar-refractivity contribution in [3.8, 4) is 6.01 Å². The van der Waals surface area contributed by atoms with E-state index in [0.717, 1.165) is 4.73 Å². The zero-order chi connectivity index (χ0) is 14.0. The molecule has 0 saturated heterocycles. The second-order valence-electron chi connectivity index (χ2n) is 4.83. The van der Waals surface area contributed by atoms with Gasteiger partial charge in [-0.2, -0.15) is 4.98 Å². The summed E-state index contributed by atoms with van der Waals surface area (Å²) in [5, 5.41) is 0.513. The van der Waals surface area contributed by atoms with E-state index in [9.17, 15) is 4.79 Å². The van der Waals surface area contributed by atoms with Crippen LogP contribution in [0.2, 0.25) is 0 Å². The zero-order valence-corrected chi connectivity index (χ0v) is 11.6. The fourth-order valence-corrected chi connectivity index (χ4v) is 1.69. The Bertz CT molecular complexity index is 632. The van der Waals surface area contributed by atoms with Gasteiger partial charge in [0.15, 0.2) is 0 Å². The lowest BCUT2D eigenvalue weighted by molar-refractivity contribution is 0.0255. The molecule has 0 aliphatic heterocycles. The lowest BCUT2D eigenvalue weighted by Crippen LogP contribution is -2.33. The smallest absolute Gasteiger partial charge is 0.334 e. The summed E-state index contributed by atoms with van der Waals surface area (Å²) in [7, 11) is 0. The highest BCUT2D eigenvalue weighted by Crippen LogP contribution is 2.13. The molecule has 0 radical (unpaired) electrons. The van der Waals surface area contributed by atoms with Crippen LogP contribution >= 0.6 is 0 Å². The maximum Gasteiger partial charge on any atom is 0.334 e. The van der Waals surface area contributed by atoms with Crippen molar-refractivity contribution in [2.45, 2.75) is 39.9 Å². The molecule has 1 aromatic heterocycles.